The van der Waals surface area contributed by atoms with E-state index in [0.717, 1.165) is 0 Å². The summed E-state index contributed by atoms with van der Waals surface area (Å²) in [6.07, 6.45) is 20.4. The molecule has 0 saturated carbocycles. The SMILES string of the molecule is CCCCCCCCCCCCCCCSCCC. The molecule has 0 atom stereocenters. The van der Waals surface area contributed by atoms with Gasteiger partial charge in [-0.15, -0.1) is 0 Å². The van der Waals surface area contributed by atoms with Gasteiger partial charge in [-0.2, -0.15) is 11.8 Å². The lowest BCUT2D eigenvalue weighted by atomic mass is 10.1. The van der Waals surface area contributed by atoms with Gasteiger partial charge in [0.15, 0.2) is 0 Å². The molecule has 0 radical (unpaired) electrons. The van der Waals surface area contributed by atoms with Crippen LogP contribution < -0.4 is 0 Å². The number of thioether (sulfide) groups is 1. The van der Waals surface area contributed by atoms with Crippen molar-refractivity contribution in [3.8, 4) is 0 Å². The Bertz CT molecular complexity index is 129. The molecule has 0 aliphatic rings. The Kier molecular flexibility index (Phi) is 18.7. The molecule has 0 saturated heterocycles. The van der Waals surface area contributed by atoms with Gasteiger partial charge in [-0.3, -0.25) is 0 Å². The van der Waals surface area contributed by atoms with Gasteiger partial charge in [0.25, 0.3) is 0 Å². The van der Waals surface area contributed by atoms with Gasteiger partial charge in [0, 0.05) is 0 Å². The van der Waals surface area contributed by atoms with Crippen LogP contribution in [-0.4, -0.2) is 11.5 Å². The first-order valence-electron chi connectivity index (χ1n) is 8.99. The minimum atomic E-state index is 1.34. The van der Waals surface area contributed by atoms with E-state index in [1.807, 2.05) is 0 Å². The minimum Gasteiger partial charge on any atom is -0.162 e. The molecule has 0 amide bonds. The zero-order valence-electron chi connectivity index (χ0n) is 13.7. The summed E-state index contributed by atoms with van der Waals surface area (Å²) in [6, 6.07) is 0. The van der Waals surface area contributed by atoms with Crippen LogP contribution in [0.1, 0.15) is 104 Å². The third-order valence-corrected chi connectivity index (χ3v) is 5.01. The molecular formula is C18H38S. The fraction of sp³-hybridized carbons (Fsp3) is 1.00. The Morgan fingerprint density at radius 3 is 1.26 bits per heavy atom. The molecule has 0 bridgehead atoms. The van der Waals surface area contributed by atoms with Gasteiger partial charge >= 0.3 is 0 Å². The standard InChI is InChI=1S/C18H38S/c1-3-5-6-7-8-9-10-11-12-13-14-15-16-18-19-17-4-2/h3-18H2,1-2H3. The summed E-state index contributed by atoms with van der Waals surface area (Å²) in [4.78, 5) is 0. The van der Waals surface area contributed by atoms with Gasteiger partial charge in [0.05, 0.1) is 0 Å². The van der Waals surface area contributed by atoms with Crippen molar-refractivity contribution in [3.63, 3.8) is 0 Å². The molecule has 0 rings (SSSR count). The lowest BCUT2D eigenvalue weighted by Crippen LogP contribution is -1.85. The van der Waals surface area contributed by atoms with E-state index in [0.29, 0.717) is 0 Å². The number of hydrogen-bond donors (Lipinski definition) is 0. The van der Waals surface area contributed by atoms with Gasteiger partial charge in [-0.05, 0) is 24.3 Å². The highest BCUT2D eigenvalue weighted by Gasteiger charge is 1.94. The van der Waals surface area contributed by atoms with E-state index in [-0.39, 0.29) is 0 Å². The number of unbranched alkanes of at least 4 members (excludes halogenated alkanes) is 12. The summed E-state index contributed by atoms with van der Waals surface area (Å²) in [5, 5.41) is 0. The molecule has 0 aromatic rings. The van der Waals surface area contributed by atoms with Crippen molar-refractivity contribution >= 4 is 11.8 Å². The number of hydrogen-bond acceptors (Lipinski definition) is 1. The highest BCUT2D eigenvalue weighted by atomic mass is 32.2. The maximum absolute atomic E-state index is 2.29. The van der Waals surface area contributed by atoms with E-state index >= 15 is 0 Å². The van der Waals surface area contributed by atoms with E-state index in [1.165, 1.54) is 101 Å². The summed E-state index contributed by atoms with van der Waals surface area (Å²) in [7, 11) is 0. The van der Waals surface area contributed by atoms with Crippen molar-refractivity contribution in [3.05, 3.63) is 0 Å². The van der Waals surface area contributed by atoms with Gasteiger partial charge in [0.2, 0.25) is 0 Å². The Morgan fingerprint density at radius 2 is 0.842 bits per heavy atom. The molecule has 0 aromatic heterocycles. The van der Waals surface area contributed by atoms with Crippen LogP contribution in [-0.2, 0) is 0 Å². The molecule has 0 aromatic carbocycles. The molecule has 116 valence electrons. The first-order valence-corrected chi connectivity index (χ1v) is 10.1. The summed E-state index contributed by atoms with van der Waals surface area (Å²) in [5.74, 6) is 2.75. The summed E-state index contributed by atoms with van der Waals surface area (Å²) in [5.41, 5.74) is 0. The molecular weight excluding hydrogens is 248 g/mol. The first kappa shape index (κ1) is 19.4. The summed E-state index contributed by atoms with van der Waals surface area (Å²) in [6.45, 7) is 4.57. The van der Waals surface area contributed by atoms with Crippen molar-refractivity contribution in [2.75, 3.05) is 11.5 Å². The van der Waals surface area contributed by atoms with E-state index < -0.39 is 0 Å². The second kappa shape index (κ2) is 18.4. The molecule has 1 heteroatoms. The molecule has 0 aliphatic carbocycles. The van der Waals surface area contributed by atoms with Gasteiger partial charge in [-0.25, -0.2) is 0 Å². The highest BCUT2D eigenvalue weighted by molar-refractivity contribution is 7.99. The van der Waals surface area contributed by atoms with Crippen LogP contribution in [0.5, 0.6) is 0 Å². The van der Waals surface area contributed by atoms with Crippen LogP contribution in [0.4, 0.5) is 0 Å². The Labute approximate surface area is 127 Å². The first-order chi connectivity index (χ1) is 9.41. The van der Waals surface area contributed by atoms with Crippen molar-refractivity contribution in [2.24, 2.45) is 0 Å². The molecule has 0 N–H and O–H groups in total. The van der Waals surface area contributed by atoms with E-state index in [9.17, 15) is 0 Å². The summed E-state index contributed by atoms with van der Waals surface area (Å²) >= 11 is 2.14. The van der Waals surface area contributed by atoms with Gasteiger partial charge in [0.1, 0.15) is 0 Å². The maximum Gasteiger partial charge on any atom is -0.00675 e. The topological polar surface area (TPSA) is 0 Å². The highest BCUT2D eigenvalue weighted by Crippen LogP contribution is 2.13. The lowest BCUT2D eigenvalue weighted by Gasteiger charge is -2.03. The predicted octanol–water partition coefficient (Wildman–Crippen LogP) is 7.22. The molecule has 0 nitrogen and oxygen atoms in total. The second-order valence-electron chi connectivity index (χ2n) is 5.86. The Hall–Kier alpha value is 0.350. The number of rotatable bonds is 16. The van der Waals surface area contributed by atoms with Crippen LogP contribution in [0.3, 0.4) is 0 Å². The van der Waals surface area contributed by atoms with Crippen molar-refractivity contribution in [1.29, 1.82) is 0 Å². The quantitative estimate of drug-likeness (QED) is 0.270. The van der Waals surface area contributed by atoms with Crippen LogP contribution in [0.2, 0.25) is 0 Å². The zero-order chi connectivity index (χ0) is 14.0. The third-order valence-electron chi connectivity index (χ3n) is 3.74. The van der Waals surface area contributed by atoms with Crippen LogP contribution >= 0.6 is 11.8 Å². The molecule has 0 heterocycles. The lowest BCUT2D eigenvalue weighted by molar-refractivity contribution is 0.543. The van der Waals surface area contributed by atoms with Crippen molar-refractivity contribution < 1.29 is 0 Å². The fourth-order valence-electron chi connectivity index (χ4n) is 2.47. The average molecular weight is 287 g/mol. The Morgan fingerprint density at radius 1 is 0.421 bits per heavy atom. The summed E-state index contributed by atoms with van der Waals surface area (Å²) < 4.78 is 0. The second-order valence-corrected chi connectivity index (χ2v) is 7.08. The molecule has 0 fully saturated rings. The zero-order valence-corrected chi connectivity index (χ0v) is 14.5. The predicted molar refractivity (Wildman–Crippen MR) is 93.3 cm³/mol. The average Bonchev–Trinajstić information content (AvgIpc) is 2.43. The molecule has 0 spiro atoms. The fourth-order valence-corrected chi connectivity index (χ4v) is 3.37. The van der Waals surface area contributed by atoms with Crippen LogP contribution in [0.25, 0.3) is 0 Å². The van der Waals surface area contributed by atoms with Crippen molar-refractivity contribution in [1.82, 2.24) is 0 Å². The van der Waals surface area contributed by atoms with Crippen LogP contribution in [0, 0.1) is 0 Å². The van der Waals surface area contributed by atoms with Crippen molar-refractivity contribution in [2.45, 2.75) is 104 Å². The van der Waals surface area contributed by atoms with E-state index in [1.54, 1.807) is 0 Å². The maximum atomic E-state index is 2.29. The minimum absolute atomic E-state index is 1.34. The van der Waals surface area contributed by atoms with E-state index in [2.05, 4.69) is 25.6 Å². The molecule has 0 aliphatic heterocycles. The van der Waals surface area contributed by atoms with E-state index in [4.69, 9.17) is 0 Å². The third kappa shape index (κ3) is 18.4. The Balaban J connectivity index is 2.88. The smallest absolute Gasteiger partial charge is 0.00675 e. The largest absolute Gasteiger partial charge is 0.162 e. The monoisotopic (exact) mass is 286 g/mol. The van der Waals surface area contributed by atoms with Gasteiger partial charge in [-0.1, -0.05) is 90.9 Å². The molecule has 19 heavy (non-hydrogen) atoms. The molecule has 0 unspecified atom stereocenters. The van der Waals surface area contributed by atoms with Gasteiger partial charge < -0.3 is 0 Å². The van der Waals surface area contributed by atoms with Crippen LogP contribution in [0.15, 0.2) is 0 Å². The normalized spacial score (nSPS) is 11.1.